The van der Waals surface area contributed by atoms with Crippen molar-refractivity contribution in [3.05, 3.63) is 47.5 Å². The SMILES string of the molecule is Cc1cc(C)c2c(c1)oc1ccccc12. The van der Waals surface area contributed by atoms with Crippen LogP contribution in [0, 0.1) is 13.8 Å². The summed E-state index contributed by atoms with van der Waals surface area (Å²) >= 11 is 0. The zero-order valence-electron chi connectivity index (χ0n) is 8.87. The van der Waals surface area contributed by atoms with E-state index >= 15 is 0 Å². The molecular weight excluding hydrogens is 184 g/mol. The first-order valence-electron chi connectivity index (χ1n) is 5.14. The average molecular weight is 196 g/mol. The standard InChI is InChI=1S/C14H12O/c1-9-7-10(2)14-11-5-3-4-6-12(11)15-13(14)8-9/h3-8H,1-2H3. The summed E-state index contributed by atoms with van der Waals surface area (Å²) in [4.78, 5) is 0. The minimum atomic E-state index is 0.973. The lowest BCUT2D eigenvalue weighted by Gasteiger charge is -1.97. The summed E-state index contributed by atoms with van der Waals surface area (Å²) in [5, 5.41) is 2.46. The fourth-order valence-corrected chi connectivity index (χ4v) is 2.23. The number of benzene rings is 2. The highest BCUT2D eigenvalue weighted by Crippen LogP contribution is 2.31. The van der Waals surface area contributed by atoms with E-state index in [9.17, 15) is 0 Å². The maximum atomic E-state index is 5.81. The van der Waals surface area contributed by atoms with Crippen molar-refractivity contribution in [2.24, 2.45) is 0 Å². The van der Waals surface area contributed by atoms with Crippen LogP contribution in [0.3, 0.4) is 0 Å². The first-order valence-corrected chi connectivity index (χ1v) is 5.14. The van der Waals surface area contributed by atoms with Crippen LogP contribution in [0.25, 0.3) is 21.9 Å². The Balaban J connectivity index is 2.61. The van der Waals surface area contributed by atoms with E-state index < -0.39 is 0 Å². The second-order valence-corrected chi connectivity index (χ2v) is 4.05. The van der Waals surface area contributed by atoms with Crippen molar-refractivity contribution >= 4 is 21.9 Å². The molecule has 1 nitrogen and oxygen atoms in total. The molecule has 0 aliphatic carbocycles. The molecule has 0 atom stereocenters. The summed E-state index contributed by atoms with van der Waals surface area (Å²) in [6, 6.07) is 12.5. The van der Waals surface area contributed by atoms with Crippen molar-refractivity contribution in [1.82, 2.24) is 0 Å². The van der Waals surface area contributed by atoms with Crippen LogP contribution in [-0.2, 0) is 0 Å². The van der Waals surface area contributed by atoms with Crippen LogP contribution in [-0.4, -0.2) is 0 Å². The van der Waals surface area contributed by atoms with Gasteiger partial charge < -0.3 is 4.42 Å². The number of para-hydroxylation sites is 1. The third-order valence-corrected chi connectivity index (χ3v) is 2.82. The topological polar surface area (TPSA) is 13.1 Å². The van der Waals surface area contributed by atoms with Gasteiger partial charge in [-0.1, -0.05) is 24.3 Å². The molecule has 0 N–H and O–H groups in total. The van der Waals surface area contributed by atoms with Crippen molar-refractivity contribution in [3.8, 4) is 0 Å². The van der Waals surface area contributed by atoms with Gasteiger partial charge in [-0.3, -0.25) is 0 Å². The lowest BCUT2D eigenvalue weighted by molar-refractivity contribution is 0.668. The Hall–Kier alpha value is -1.76. The van der Waals surface area contributed by atoms with Gasteiger partial charge in [0.2, 0.25) is 0 Å². The lowest BCUT2D eigenvalue weighted by Crippen LogP contribution is -1.77. The molecule has 1 heteroatoms. The summed E-state index contributed by atoms with van der Waals surface area (Å²) in [5.74, 6) is 0. The molecule has 0 aliphatic heterocycles. The maximum absolute atomic E-state index is 5.81. The molecule has 0 unspecified atom stereocenters. The zero-order chi connectivity index (χ0) is 10.4. The Morgan fingerprint density at radius 3 is 2.60 bits per heavy atom. The Kier molecular flexibility index (Phi) is 1.63. The highest BCUT2D eigenvalue weighted by Gasteiger charge is 2.08. The van der Waals surface area contributed by atoms with Crippen LogP contribution in [0.5, 0.6) is 0 Å². The molecule has 0 radical (unpaired) electrons. The Morgan fingerprint density at radius 2 is 1.73 bits per heavy atom. The van der Waals surface area contributed by atoms with Crippen molar-refractivity contribution in [2.45, 2.75) is 13.8 Å². The normalized spacial score (nSPS) is 11.3. The summed E-state index contributed by atoms with van der Waals surface area (Å²) in [7, 11) is 0. The number of hydrogen-bond donors (Lipinski definition) is 0. The number of aryl methyl sites for hydroxylation is 2. The van der Waals surface area contributed by atoms with E-state index in [0.717, 1.165) is 11.2 Å². The molecule has 1 heterocycles. The monoisotopic (exact) mass is 196 g/mol. The van der Waals surface area contributed by atoms with E-state index in [2.05, 4.69) is 38.1 Å². The van der Waals surface area contributed by atoms with E-state index in [1.165, 1.54) is 21.9 Å². The van der Waals surface area contributed by atoms with Gasteiger partial charge in [0.05, 0.1) is 0 Å². The predicted molar refractivity (Wildman–Crippen MR) is 63.2 cm³/mol. The second-order valence-electron chi connectivity index (χ2n) is 4.05. The molecule has 0 fully saturated rings. The number of rotatable bonds is 0. The van der Waals surface area contributed by atoms with Gasteiger partial charge in [0.1, 0.15) is 11.2 Å². The third kappa shape index (κ3) is 1.16. The van der Waals surface area contributed by atoms with Gasteiger partial charge >= 0.3 is 0 Å². The fourth-order valence-electron chi connectivity index (χ4n) is 2.23. The molecule has 0 aliphatic rings. The van der Waals surface area contributed by atoms with Gasteiger partial charge in [-0.2, -0.15) is 0 Å². The zero-order valence-corrected chi connectivity index (χ0v) is 8.87. The van der Waals surface area contributed by atoms with E-state index in [-0.39, 0.29) is 0 Å². The maximum Gasteiger partial charge on any atom is 0.135 e. The number of furan rings is 1. The van der Waals surface area contributed by atoms with Gasteiger partial charge in [0.25, 0.3) is 0 Å². The highest BCUT2D eigenvalue weighted by molar-refractivity contribution is 6.06. The molecule has 15 heavy (non-hydrogen) atoms. The van der Waals surface area contributed by atoms with E-state index in [4.69, 9.17) is 4.42 Å². The molecule has 3 aromatic rings. The molecule has 0 bridgehead atoms. The largest absolute Gasteiger partial charge is 0.456 e. The Bertz CT molecular complexity index is 647. The van der Waals surface area contributed by atoms with E-state index in [1.807, 2.05) is 12.1 Å². The van der Waals surface area contributed by atoms with E-state index in [1.54, 1.807) is 0 Å². The predicted octanol–water partition coefficient (Wildman–Crippen LogP) is 4.20. The number of fused-ring (bicyclic) bond motifs is 3. The van der Waals surface area contributed by atoms with Crippen molar-refractivity contribution in [1.29, 1.82) is 0 Å². The van der Waals surface area contributed by atoms with Crippen LogP contribution >= 0.6 is 0 Å². The second kappa shape index (κ2) is 2.86. The molecule has 1 aromatic heterocycles. The first kappa shape index (κ1) is 8.54. The Morgan fingerprint density at radius 1 is 0.933 bits per heavy atom. The van der Waals surface area contributed by atoms with Crippen LogP contribution < -0.4 is 0 Å². The smallest absolute Gasteiger partial charge is 0.135 e. The van der Waals surface area contributed by atoms with Gasteiger partial charge in [-0.05, 0) is 37.1 Å². The Labute approximate surface area is 88.3 Å². The fraction of sp³-hybridized carbons (Fsp3) is 0.143. The van der Waals surface area contributed by atoms with Crippen LogP contribution in [0.15, 0.2) is 40.8 Å². The molecule has 0 amide bonds. The van der Waals surface area contributed by atoms with Crippen molar-refractivity contribution < 1.29 is 4.42 Å². The molecule has 2 aromatic carbocycles. The summed E-state index contributed by atoms with van der Waals surface area (Å²) in [6.07, 6.45) is 0. The van der Waals surface area contributed by atoms with E-state index in [0.29, 0.717) is 0 Å². The molecular formula is C14H12O. The average Bonchev–Trinajstić information content (AvgIpc) is 2.54. The summed E-state index contributed by atoms with van der Waals surface area (Å²) < 4.78 is 5.81. The van der Waals surface area contributed by atoms with Gasteiger partial charge in [-0.25, -0.2) is 0 Å². The molecule has 0 spiro atoms. The first-order chi connectivity index (χ1) is 7.25. The minimum Gasteiger partial charge on any atom is -0.456 e. The molecule has 3 rings (SSSR count). The highest BCUT2D eigenvalue weighted by atomic mass is 16.3. The minimum absolute atomic E-state index is 0.973. The molecule has 0 saturated carbocycles. The number of hydrogen-bond acceptors (Lipinski definition) is 1. The summed E-state index contributed by atoms with van der Waals surface area (Å²) in [5.41, 5.74) is 4.50. The van der Waals surface area contributed by atoms with Crippen molar-refractivity contribution in [2.75, 3.05) is 0 Å². The van der Waals surface area contributed by atoms with Crippen molar-refractivity contribution in [3.63, 3.8) is 0 Å². The molecule has 74 valence electrons. The molecule has 0 saturated heterocycles. The van der Waals surface area contributed by atoms with Gasteiger partial charge in [-0.15, -0.1) is 0 Å². The lowest BCUT2D eigenvalue weighted by atomic mass is 10.1. The third-order valence-electron chi connectivity index (χ3n) is 2.82. The van der Waals surface area contributed by atoms with Gasteiger partial charge in [0, 0.05) is 10.8 Å². The van der Waals surface area contributed by atoms with Crippen LogP contribution in [0.2, 0.25) is 0 Å². The summed E-state index contributed by atoms with van der Waals surface area (Å²) in [6.45, 7) is 4.23. The van der Waals surface area contributed by atoms with Crippen LogP contribution in [0.4, 0.5) is 0 Å². The van der Waals surface area contributed by atoms with Gasteiger partial charge in [0.15, 0.2) is 0 Å². The quantitative estimate of drug-likeness (QED) is 0.525. The van der Waals surface area contributed by atoms with Crippen LogP contribution in [0.1, 0.15) is 11.1 Å².